The van der Waals surface area contributed by atoms with Crippen LogP contribution in [0.4, 0.5) is 0 Å². The Balaban J connectivity index is 2.18. The van der Waals surface area contributed by atoms with Crippen molar-refractivity contribution in [1.29, 1.82) is 0 Å². The Labute approximate surface area is 102 Å². The van der Waals surface area contributed by atoms with E-state index in [9.17, 15) is 0 Å². The molecule has 3 atom stereocenters. The molecule has 0 amide bonds. The van der Waals surface area contributed by atoms with E-state index >= 15 is 0 Å². The van der Waals surface area contributed by atoms with Crippen LogP contribution in [0.5, 0.6) is 0 Å². The molecule has 0 radical (unpaired) electrons. The van der Waals surface area contributed by atoms with E-state index < -0.39 is 0 Å². The van der Waals surface area contributed by atoms with Gasteiger partial charge in [-0.3, -0.25) is 0 Å². The molecule has 0 unspecified atom stereocenters. The fourth-order valence-electron chi connectivity index (χ4n) is 3.75. The fraction of sp³-hybridized carbons (Fsp3) is 0.571. The number of hydrogen-bond donors (Lipinski definition) is 1. The third-order valence-electron chi connectivity index (χ3n) is 4.45. The molecular weight excluding hydrogens is 218 g/mol. The van der Waals surface area contributed by atoms with Crippen LogP contribution in [0.2, 0.25) is 5.02 Å². The van der Waals surface area contributed by atoms with Crippen molar-refractivity contribution < 1.29 is 0 Å². The van der Waals surface area contributed by atoms with Crippen LogP contribution in [0, 0.1) is 5.41 Å². The van der Waals surface area contributed by atoms with Crippen molar-refractivity contribution in [2.75, 3.05) is 13.1 Å². The predicted octanol–water partition coefficient (Wildman–Crippen LogP) is 3.54. The van der Waals surface area contributed by atoms with Gasteiger partial charge < -0.3 is 5.32 Å². The summed E-state index contributed by atoms with van der Waals surface area (Å²) in [5.41, 5.74) is 3.31. The normalized spacial score (nSPS) is 36.9. The van der Waals surface area contributed by atoms with Gasteiger partial charge in [0, 0.05) is 24.0 Å². The lowest BCUT2D eigenvalue weighted by atomic mass is 9.63. The number of hydrogen-bond acceptors (Lipinski definition) is 1. The molecule has 2 heteroatoms. The lowest BCUT2D eigenvalue weighted by molar-refractivity contribution is 0.254. The van der Waals surface area contributed by atoms with Crippen LogP contribution in [0.15, 0.2) is 18.2 Å². The van der Waals surface area contributed by atoms with Gasteiger partial charge in [0.2, 0.25) is 0 Å². The van der Waals surface area contributed by atoms with Crippen molar-refractivity contribution in [3.05, 3.63) is 34.3 Å². The minimum Gasteiger partial charge on any atom is -0.316 e. The van der Waals surface area contributed by atoms with E-state index in [1.54, 1.807) is 0 Å². The monoisotopic (exact) mass is 235 g/mol. The zero-order chi connectivity index (χ0) is 11.3. The average molecular weight is 236 g/mol. The van der Waals surface area contributed by atoms with E-state index in [4.69, 9.17) is 11.6 Å². The van der Waals surface area contributed by atoms with Gasteiger partial charge >= 0.3 is 0 Å². The molecule has 0 bridgehead atoms. The van der Waals surface area contributed by atoms with Gasteiger partial charge in [-0.1, -0.05) is 37.6 Å². The number of nitrogens with one attached hydrogen (secondary N) is 1. The zero-order valence-corrected chi connectivity index (χ0v) is 10.6. The Hall–Kier alpha value is -0.530. The quantitative estimate of drug-likeness (QED) is 0.725. The van der Waals surface area contributed by atoms with Crippen LogP contribution >= 0.6 is 11.6 Å². The second-order valence-corrected chi connectivity index (χ2v) is 6.09. The van der Waals surface area contributed by atoms with Crippen molar-refractivity contribution in [2.24, 2.45) is 5.41 Å². The van der Waals surface area contributed by atoms with Crippen LogP contribution in [-0.4, -0.2) is 13.1 Å². The summed E-state index contributed by atoms with van der Waals surface area (Å²) >= 11 is 6.35. The molecule has 16 heavy (non-hydrogen) atoms. The van der Waals surface area contributed by atoms with Gasteiger partial charge in [-0.2, -0.15) is 0 Å². The minimum atomic E-state index is 0.428. The van der Waals surface area contributed by atoms with E-state index in [0.717, 1.165) is 18.1 Å². The Morgan fingerprint density at radius 3 is 3.06 bits per heavy atom. The predicted molar refractivity (Wildman–Crippen MR) is 68.2 cm³/mol. The molecule has 0 saturated carbocycles. The Kier molecular flexibility index (Phi) is 2.31. The second-order valence-electron chi connectivity index (χ2n) is 5.69. The summed E-state index contributed by atoms with van der Waals surface area (Å²) in [6, 6.07) is 6.40. The molecule has 1 aliphatic heterocycles. The van der Waals surface area contributed by atoms with Crippen LogP contribution in [0.25, 0.3) is 0 Å². The molecular formula is C14H18ClN. The molecule has 3 rings (SSSR count). The van der Waals surface area contributed by atoms with Gasteiger partial charge in [0.1, 0.15) is 0 Å². The van der Waals surface area contributed by atoms with Gasteiger partial charge in [-0.25, -0.2) is 0 Å². The summed E-state index contributed by atoms with van der Waals surface area (Å²) in [5.74, 6) is 1.24. The molecule has 0 aromatic heterocycles. The van der Waals surface area contributed by atoms with E-state index in [1.165, 1.54) is 17.5 Å². The van der Waals surface area contributed by atoms with Crippen molar-refractivity contribution in [2.45, 2.75) is 32.1 Å². The van der Waals surface area contributed by atoms with Gasteiger partial charge in [0.05, 0.1) is 0 Å². The molecule has 1 nitrogen and oxygen atoms in total. The molecule has 2 aliphatic rings. The number of halogens is 1. The van der Waals surface area contributed by atoms with Gasteiger partial charge in [-0.15, -0.1) is 0 Å². The fourth-order valence-corrected chi connectivity index (χ4v) is 4.12. The number of rotatable bonds is 0. The molecule has 1 heterocycles. The van der Waals surface area contributed by atoms with Crippen LogP contribution in [0.3, 0.4) is 0 Å². The third kappa shape index (κ3) is 1.34. The van der Waals surface area contributed by atoms with Gasteiger partial charge in [0.25, 0.3) is 0 Å². The SMILES string of the molecule is C[C@@H]1C[C@@]2(C)CNC[C@H]2c2cccc(Cl)c21. The lowest BCUT2D eigenvalue weighted by Crippen LogP contribution is -2.32. The maximum Gasteiger partial charge on any atom is 0.0443 e. The highest BCUT2D eigenvalue weighted by Crippen LogP contribution is 2.53. The van der Waals surface area contributed by atoms with Crippen molar-refractivity contribution in [3.8, 4) is 0 Å². The summed E-state index contributed by atoms with van der Waals surface area (Å²) in [6.45, 7) is 6.98. The molecule has 1 aromatic rings. The largest absolute Gasteiger partial charge is 0.316 e. The Morgan fingerprint density at radius 2 is 2.25 bits per heavy atom. The lowest BCUT2D eigenvalue weighted by Gasteiger charge is -2.40. The third-order valence-corrected chi connectivity index (χ3v) is 4.78. The maximum atomic E-state index is 6.35. The second kappa shape index (κ2) is 3.48. The van der Waals surface area contributed by atoms with Crippen molar-refractivity contribution in [1.82, 2.24) is 5.32 Å². The number of fused-ring (bicyclic) bond motifs is 3. The summed E-state index contributed by atoms with van der Waals surface area (Å²) in [4.78, 5) is 0. The summed E-state index contributed by atoms with van der Waals surface area (Å²) in [6.07, 6.45) is 1.25. The molecule has 86 valence electrons. The van der Waals surface area contributed by atoms with Crippen LogP contribution in [0.1, 0.15) is 43.2 Å². The first-order valence-electron chi connectivity index (χ1n) is 6.11. The van der Waals surface area contributed by atoms with E-state index in [1.807, 2.05) is 6.07 Å². The highest BCUT2D eigenvalue weighted by molar-refractivity contribution is 6.31. The Morgan fingerprint density at radius 1 is 1.44 bits per heavy atom. The molecule has 1 fully saturated rings. The Bertz CT molecular complexity index is 429. The molecule has 1 saturated heterocycles. The number of benzene rings is 1. The standard InChI is InChI=1S/C14H18ClN/c1-9-6-14(2)8-16-7-11(14)10-4-3-5-12(15)13(9)10/h3-5,9,11,16H,6-8H2,1-2H3/t9-,11+,14+/m1/s1. The topological polar surface area (TPSA) is 12.0 Å². The highest BCUT2D eigenvalue weighted by atomic mass is 35.5. The minimum absolute atomic E-state index is 0.428. The van der Waals surface area contributed by atoms with Gasteiger partial charge in [0.15, 0.2) is 0 Å². The molecule has 1 N–H and O–H groups in total. The molecule has 0 spiro atoms. The van der Waals surface area contributed by atoms with Crippen molar-refractivity contribution >= 4 is 11.6 Å². The van der Waals surface area contributed by atoms with E-state index in [-0.39, 0.29) is 0 Å². The summed E-state index contributed by atoms with van der Waals surface area (Å²) in [5, 5.41) is 4.50. The summed E-state index contributed by atoms with van der Waals surface area (Å²) in [7, 11) is 0. The maximum absolute atomic E-state index is 6.35. The first-order chi connectivity index (χ1) is 7.62. The summed E-state index contributed by atoms with van der Waals surface area (Å²) < 4.78 is 0. The molecule has 1 aliphatic carbocycles. The first kappa shape index (κ1) is 10.6. The zero-order valence-electron chi connectivity index (χ0n) is 9.89. The van der Waals surface area contributed by atoms with Gasteiger partial charge in [-0.05, 0) is 34.9 Å². The molecule has 1 aromatic carbocycles. The average Bonchev–Trinajstić information content (AvgIpc) is 2.59. The van der Waals surface area contributed by atoms with Crippen LogP contribution < -0.4 is 5.32 Å². The van der Waals surface area contributed by atoms with Crippen LogP contribution in [-0.2, 0) is 0 Å². The first-order valence-corrected chi connectivity index (χ1v) is 6.49. The van der Waals surface area contributed by atoms with Crippen molar-refractivity contribution in [3.63, 3.8) is 0 Å². The highest BCUT2D eigenvalue weighted by Gasteiger charge is 2.45. The smallest absolute Gasteiger partial charge is 0.0443 e. The van der Waals surface area contributed by atoms with E-state index in [2.05, 4.69) is 31.3 Å². The van der Waals surface area contributed by atoms with E-state index in [0.29, 0.717) is 17.3 Å².